The largest absolute Gasteiger partial charge is 0.397 e. The first kappa shape index (κ1) is 10.1. The first-order valence-corrected chi connectivity index (χ1v) is 4.19. The van der Waals surface area contributed by atoms with Gasteiger partial charge in [0, 0.05) is 0 Å². The number of nitrogens with zero attached hydrogens (tertiary/aromatic N) is 1. The highest BCUT2D eigenvalue weighted by Crippen LogP contribution is 2.46. The highest BCUT2D eigenvalue weighted by atomic mass is 31.2. The van der Waals surface area contributed by atoms with Gasteiger partial charge >= 0.3 is 7.60 Å². The van der Waals surface area contributed by atoms with E-state index >= 15 is 0 Å². The summed E-state index contributed by atoms with van der Waals surface area (Å²) >= 11 is 0. The summed E-state index contributed by atoms with van der Waals surface area (Å²) in [6.45, 7) is 6.20. The van der Waals surface area contributed by atoms with Crippen LogP contribution in [0, 0.1) is 0 Å². The molecule has 6 heteroatoms. The van der Waals surface area contributed by atoms with Gasteiger partial charge in [-0.1, -0.05) is 6.58 Å². The van der Waals surface area contributed by atoms with E-state index in [1.807, 2.05) is 0 Å². The molecule has 62 valence electrons. The van der Waals surface area contributed by atoms with Crippen LogP contribution in [0.4, 0.5) is 0 Å². The number of hydrogen-bond donors (Lipinski definition) is 3. The van der Waals surface area contributed by atoms with Crippen LogP contribution in [0.3, 0.4) is 0 Å². The molecule has 0 atom stereocenters. The topological polar surface area (TPSA) is 95.9 Å². The molecule has 0 saturated carbocycles. The summed E-state index contributed by atoms with van der Waals surface area (Å²) in [6, 6.07) is 0. The fourth-order valence-corrected chi connectivity index (χ4v) is 1.05. The summed E-state index contributed by atoms with van der Waals surface area (Å²) in [7, 11) is -4.39. The minimum atomic E-state index is -4.39. The Morgan fingerprint density at radius 1 is 1.64 bits per heavy atom. The van der Waals surface area contributed by atoms with Crippen molar-refractivity contribution >= 4 is 14.3 Å². The van der Waals surface area contributed by atoms with E-state index in [9.17, 15) is 4.57 Å². The van der Waals surface area contributed by atoms with Gasteiger partial charge in [-0.15, -0.1) is 0 Å². The normalized spacial score (nSPS) is 13.6. The molecule has 0 rings (SSSR count). The van der Waals surface area contributed by atoms with Crippen molar-refractivity contribution in [3.63, 3.8) is 0 Å². The van der Waals surface area contributed by atoms with E-state index in [0.29, 0.717) is 0 Å². The molecular formula is C5H9N2O3P. The van der Waals surface area contributed by atoms with Crippen LogP contribution in [0.2, 0.25) is 0 Å². The molecule has 0 saturated heterocycles. The second-order valence-electron chi connectivity index (χ2n) is 1.69. The number of hydrogen-bond acceptors (Lipinski definition) is 3. The second-order valence-corrected chi connectivity index (χ2v) is 3.20. The highest BCUT2D eigenvalue weighted by Gasteiger charge is 2.21. The van der Waals surface area contributed by atoms with Crippen LogP contribution in [0.5, 0.6) is 0 Å². The molecule has 0 aliphatic carbocycles. The molecule has 0 unspecified atom stereocenters. The monoisotopic (exact) mass is 176 g/mol. The maximum absolute atomic E-state index is 10.5. The van der Waals surface area contributed by atoms with Crippen LogP contribution < -0.4 is 5.73 Å². The van der Waals surface area contributed by atoms with Gasteiger partial charge in [-0.05, 0) is 12.8 Å². The molecule has 0 amide bonds. The SMILES string of the molecule is C=C/C(N)=C(\N=C)P(=O)(O)O. The predicted octanol–water partition coefficient (Wildman–Crippen LogP) is 0.178. The number of rotatable bonds is 3. The molecule has 4 N–H and O–H groups in total. The van der Waals surface area contributed by atoms with Crippen LogP contribution in [0.15, 0.2) is 28.8 Å². The lowest BCUT2D eigenvalue weighted by Gasteiger charge is -2.04. The van der Waals surface area contributed by atoms with Gasteiger partial charge in [0.05, 0.1) is 5.70 Å². The van der Waals surface area contributed by atoms with Gasteiger partial charge in [-0.2, -0.15) is 0 Å². The van der Waals surface area contributed by atoms with E-state index in [2.05, 4.69) is 18.3 Å². The van der Waals surface area contributed by atoms with Gasteiger partial charge in [-0.25, -0.2) is 0 Å². The van der Waals surface area contributed by atoms with Gasteiger partial charge in [0.15, 0.2) is 5.44 Å². The quantitative estimate of drug-likeness (QED) is 0.324. The molecule has 5 nitrogen and oxygen atoms in total. The van der Waals surface area contributed by atoms with Crippen LogP contribution >= 0.6 is 7.60 Å². The van der Waals surface area contributed by atoms with Crippen molar-refractivity contribution in [2.45, 2.75) is 0 Å². The van der Waals surface area contributed by atoms with E-state index in [4.69, 9.17) is 15.5 Å². The second kappa shape index (κ2) is 3.48. The zero-order chi connectivity index (χ0) is 9.07. The molecule has 0 bridgehead atoms. The third kappa shape index (κ3) is 2.67. The van der Waals surface area contributed by atoms with Crippen molar-refractivity contribution < 1.29 is 14.4 Å². The third-order valence-corrected chi connectivity index (χ3v) is 1.86. The summed E-state index contributed by atoms with van der Waals surface area (Å²) in [5.74, 6) is 0. The molecule has 0 aromatic carbocycles. The molecule has 0 aliphatic heterocycles. The molecular weight excluding hydrogens is 167 g/mol. The van der Waals surface area contributed by atoms with Crippen molar-refractivity contribution in [3.05, 3.63) is 23.8 Å². The Kier molecular flexibility index (Phi) is 3.19. The molecule has 0 aromatic heterocycles. The van der Waals surface area contributed by atoms with Gasteiger partial charge in [0.25, 0.3) is 0 Å². The zero-order valence-electron chi connectivity index (χ0n) is 5.77. The highest BCUT2D eigenvalue weighted by molar-refractivity contribution is 7.56. The van der Waals surface area contributed by atoms with Gasteiger partial charge in [0.2, 0.25) is 0 Å². The molecule has 0 spiro atoms. The van der Waals surface area contributed by atoms with Crippen LogP contribution in [-0.4, -0.2) is 16.5 Å². The maximum atomic E-state index is 10.5. The maximum Gasteiger partial charge on any atom is 0.376 e. The van der Waals surface area contributed by atoms with E-state index < -0.39 is 13.0 Å². The van der Waals surface area contributed by atoms with Gasteiger partial charge < -0.3 is 15.5 Å². The Bertz CT molecular complexity index is 252. The molecule has 0 aromatic rings. The fourth-order valence-electron chi connectivity index (χ4n) is 0.443. The van der Waals surface area contributed by atoms with Crippen molar-refractivity contribution in [1.82, 2.24) is 0 Å². The van der Waals surface area contributed by atoms with E-state index in [1.165, 1.54) is 0 Å². The zero-order valence-corrected chi connectivity index (χ0v) is 6.66. The Hall–Kier alpha value is -0.900. The fraction of sp³-hybridized carbons (Fsp3) is 0. The molecule has 0 aliphatic rings. The Balaban J connectivity index is 5.13. The van der Waals surface area contributed by atoms with E-state index in [1.54, 1.807) is 0 Å². The minimum Gasteiger partial charge on any atom is -0.397 e. The average Bonchev–Trinajstić information content (AvgIpc) is 1.86. The molecule has 0 fully saturated rings. The Morgan fingerprint density at radius 3 is 2.18 bits per heavy atom. The van der Waals surface area contributed by atoms with Crippen LogP contribution in [0.1, 0.15) is 0 Å². The first-order chi connectivity index (χ1) is 4.93. The lowest BCUT2D eigenvalue weighted by Crippen LogP contribution is -1.98. The average molecular weight is 176 g/mol. The minimum absolute atomic E-state index is 0.159. The Labute approximate surface area is 64.1 Å². The summed E-state index contributed by atoms with van der Waals surface area (Å²) in [6.07, 6.45) is 1.10. The Morgan fingerprint density at radius 2 is 2.09 bits per heavy atom. The van der Waals surface area contributed by atoms with Gasteiger partial charge in [-0.3, -0.25) is 9.56 Å². The first-order valence-electron chi connectivity index (χ1n) is 2.58. The molecule has 11 heavy (non-hydrogen) atoms. The number of allylic oxidation sites excluding steroid dienone is 1. The van der Waals surface area contributed by atoms with E-state index in [-0.39, 0.29) is 5.70 Å². The summed E-state index contributed by atoms with van der Waals surface area (Å²) < 4.78 is 10.5. The van der Waals surface area contributed by atoms with Gasteiger partial charge in [0.1, 0.15) is 0 Å². The standard InChI is InChI=1S/C5H9N2O3P/c1-3-4(6)5(7-2)11(8,9)10/h3H,1-2,6H2,(H2,8,9,10)/b5-4-. The lowest BCUT2D eigenvalue weighted by molar-refractivity contribution is 0.381. The van der Waals surface area contributed by atoms with Crippen molar-refractivity contribution in [3.8, 4) is 0 Å². The summed E-state index contributed by atoms with van der Waals surface area (Å²) in [5, 5.41) is 0. The number of aliphatic imine (C=N–C) groups is 1. The van der Waals surface area contributed by atoms with Crippen LogP contribution in [0.25, 0.3) is 0 Å². The third-order valence-electron chi connectivity index (χ3n) is 0.904. The summed E-state index contributed by atoms with van der Waals surface area (Å²) in [4.78, 5) is 20.2. The molecule has 0 heterocycles. The van der Waals surface area contributed by atoms with Crippen molar-refractivity contribution in [2.24, 2.45) is 10.7 Å². The molecule has 0 radical (unpaired) electrons. The lowest BCUT2D eigenvalue weighted by atomic mass is 10.5. The smallest absolute Gasteiger partial charge is 0.376 e. The van der Waals surface area contributed by atoms with Crippen molar-refractivity contribution in [1.29, 1.82) is 0 Å². The van der Waals surface area contributed by atoms with Crippen molar-refractivity contribution in [2.75, 3.05) is 0 Å². The summed E-state index contributed by atoms with van der Waals surface area (Å²) in [5.41, 5.74) is 4.46. The predicted molar refractivity (Wildman–Crippen MR) is 43.0 cm³/mol. The van der Waals surface area contributed by atoms with Crippen LogP contribution in [-0.2, 0) is 4.57 Å². The number of nitrogens with two attached hydrogens (primary N) is 1. The van der Waals surface area contributed by atoms with E-state index in [0.717, 1.165) is 6.08 Å².